The minimum atomic E-state index is -0.158. The molecule has 0 radical (unpaired) electrons. The van der Waals surface area contributed by atoms with E-state index in [1.54, 1.807) is 6.33 Å². The maximum absolute atomic E-state index is 12.8. The highest BCUT2D eigenvalue weighted by Gasteiger charge is 2.15. The molecular weight excluding hydrogens is 424 g/mol. The molecule has 0 saturated carbocycles. The van der Waals surface area contributed by atoms with Crippen molar-refractivity contribution in [3.8, 4) is 11.1 Å². The van der Waals surface area contributed by atoms with Crippen LogP contribution in [-0.2, 0) is 5.75 Å². The minimum Gasteiger partial charge on any atom is -0.309 e. The first-order valence-electron chi connectivity index (χ1n) is 8.78. The summed E-state index contributed by atoms with van der Waals surface area (Å²) in [6.45, 7) is 0. The van der Waals surface area contributed by atoms with Crippen LogP contribution in [0.25, 0.3) is 32.2 Å². The summed E-state index contributed by atoms with van der Waals surface area (Å²) in [7, 11) is 0. The highest BCUT2D eigenvalue weighted by atomic mass is 35.5. The second-order valence-electron chi connectivity index (χ2n) is 6.31. The molecule has 0 aliphatic heterocycles. The molecule has 142 valence electrons. The molecule has 3 aromatic heterocycles. The maximum Gasteiger partial charge on any atom is 0.260 e. The van der Waals surface area contributed by atoms with E-state index in [0.29, 0.717) is 26.8 Å². The van der Waals surface area contributed by atoms with Gasteiger partial charge >= 0.3 is 0 Å². The number of thioether (sulfide) groups is 1. The summed E-state index contributed by atoms with van der Waals surface area (Å²) in [6, 6.07) is 15.4. The number of rotatable bonds is 4. The third kappa shape index (κ3) is 3.42. The Morgan fingerprint density at radius 1 is 1.03 bits per heavy atom. The molecule has 0 fully saturated rings. The summed E-state index contributed by atoms with van der Waals surface area (Å²) in [4.78, 5) is 29.8. The van der Waals surface area contributed by atoms with Gasteiger partial charge in [-0.3, -0.25) is 4.79 Å². The number of hydrogen-bond donors (Lipinski definition) is 1. The number of halogens is 1. The van der Waals surface area contributed by atoms with Crippen LogP contribution in [0, 0.1) is 0 Å². The zero-order chi connectivity index (χ0) is 19.8. The summed E-state index contributed by atoms with van der Waals surface area (Å²) < 4.78 is 0. The fraction of sp³-hybridized carbons (Fsp3) is 0.0476. The van der Waals surface area contributed by atoms with E-state index in [4.69, 9.17) is 11.6 Å². The highest BCUT2D eigenvalue weighted by molar-refractivity contribution is 7.98. The number of benzene rings is 2. The second kappa shape index (κ2) is 7.59. The molecule has 0 bridgehead atoms. The van der Waals surface area contributed by atoms with Crippen LogP contribution in [0.15, 0.2) is 70.1 Å². The lowest BCUT2D eigenvalue weighted by atomic mass is 10.1. The van der Waals surface area contributed by atoms with E-state index in [0.717, 1.165) is 27.1 Å². The van der Waals surface area contributed by atoms with Crippen LogP contribution in [-0.4, -0.2) is 19.9 Å². The molecule has 5 nitrogen and oxygen atoms in total. The van der Waals surface area contributed by atoms with E-state index in [-0.39, 0.29) is 5.56 Å². The lowest BCUT2D eigenvalue weighted by Gasteiger charge is -2.05. The van der Waals surface area contributed by atoms with Gasteiger partial charge in [0.1, 0.15) is 22.0 Å². The van der Waals surface area contributed by atoms with Gasteiger partial charge in [-0.25, -0.2) is 15.0 Å². The third-order valence-corrected chi connectivity index (χ3v) is 6.73. The molecular formula is C21H13ClN4OS2. The number of nitrogens with zero attached hydrogens (tertiary/aromatic N) is 3. The van der Waals surface area contributed by atoms with Crippen LogP contribution in [0.4, 0.5) is 0 Å². The van der Waals surface area contributed by atoms with E-state index >= 15 is 0 Å². The van der Waals surface area contributed by atoms with Crippen LogP contribution in [0.3, 0.4) is 0 Å². The van der Waals surface area contributed by atoms with Gasteiger partial charge in [0.25, 0.3) is 5.56 Å². The smallest absolute Gasteiger partial charge is 0.260 e. The molecule has 0 aliphatic rings. The van der Waals surface area contributed by atoms with Crippen molar-refractivity contribution >= 4 is 55.8 Å². The van der Waals surface area contributed by atoms with Crippen molar-refractivity contribution in [2.45, 2.75) is 10.8 Å². The minimum absolute atomic E-state index is 0.158. The molecule has 8 heteroatoms. The van der Waals surface area contributed by atoms with Gasteiger partial charge in [0.05, 0.1) is 16.7 Å². The summed E-state index contributed by atoms with van der Waals surface area (Å²) in [6.07, 6.45) is 1.55. The summed E-state index contributed by atoms with van der Waals surface area (Å²) in [5.74, 6) is 1.12. The third-order valence-electron chi connectivity index (χ3n) is 4.51. The van der Waals surface area contributed by atoms with E-state index in [1.165, 1.54) is 23.1 Å². The highest BCUT2D eigenvalue weighted by Crippen LogP contribution is 2.35. The molecule has 29 heavy (non-hydrogen) atoms. The Bertz CT molecular complexity index is 1410. The van der Waals surface area contributed by atoms with Crippen LogP contribution >= 0.6 is 34.7 Å². The van der Waals surface area contributed by atoms with Crippen molar-refractivity contribution < 1.29 is 0 Å². The predicted molar refractivity (Wildman–Crippen MR) is 120 cm³/mol. The maximum atomic E-state index is 12.8. The Labute approximate surface area is 178 Å². The monoisotopic (exact) mass is 436 g/mol. The molecule has 2 aromatic carbocycles. The summed E-state index contributed by atoms with van der Waals surface area (Å²) in [5, 5.41) is 4.97. The van der Waals surface area contributed by atoms with E-state index in [1.807, 2.05) is 53.9 Å². The van der Waals surface area contributed by atoms with Crippen LogP contribution < -0.4 is 5.56 Å². The van der Waals surface area contributed by atoms with Gasteiger partial charge in [-0.15, -0.1) is 11.3 Å². The Kier molecular flexibility index (Phi) is 4.79. The topological polar surface area (TPSA) is 71.5 Å². The predicted octanol–water partition coefficient (Wildman–Crippen LogP) is 5.54. The van der Waals surface area contributed by atoms with Gasteiger partial charge in [-0.2, -0.15) is 0 Å². The lowest BCUT2D eigenvalue weighted by molar-refractivity contribution is 1.04. The largest absolute Gasteiger partial charge is 0.309 e. The molecule has 0 atom stereocenters. The van der Waals surface area contributed by atoms with Crippen LogP contribution in [0.5, 0.6) is 0 Å². The SMILES string of the molecule is O=c1[nH]c(CSc2ncnc3ccccc23)nc2scc(-c3ccccc3Cl)c12. The van der Waals surface area contributed by atoms with Crippen molar-refractivity contribution in [2.75, 3.05) is 0 Å². The van der Waals surface area contributed by atoms with E-state index in [9.17, 15) is 4.79 Å². The number of thiophene rings is 1. The number of aromatic nitrogens is 4. The first-order valence-corrected chi connectivity index (χ1v) is 11.0. The molecule has 5 rings (SSSR count). The molecule has 0 saturated heterocycles. The van der Waals surface area contributed by atoms with Gasteiger partial charge in [0.2, 0.25) is 0 Å². The standard InChI is InChI=1S/C21H13ClN4OS2/c22-15-7-3-1-5-12(15)14-9-28-21-18(14)19(27)25-17(26-21)10-29-20-13-6-2-4-8-16(13)23-11-24-20/h1-9,11H,10H2,(H,25,26,27). The number of nitrogens with one attached hydrogen (secondary N) is 1. The molecule has 3 heterocycles. The van der Waals surface area contributed by atoms with Gasteiger partial charge in [0.15, 0.2) is 0 Å². The average molecular weight is 437 g/mol. The van der Waals surface area contributed by atoms with Crippen molar-refractivity contribution in [3.05, 3.63) is 81.4 Å². The van der Waals surface area contributed by atoms with Gasteiger partial charge < -0.3 is 4.98 Å². The van der Waals surface area contributed by atoms with Crippen molar-refractivity contribution in [1.29, 1.82) is 0 Å². The first-order chi connectivity index (χ1) is 14.2. The fourth-order valence-electron chi connectivity index (χ4n) is 3.17. The van der Waals surface area contributed by atoms with E-state index < -0.39 is 0 Å². The van der Waals surface area contributed by atoms with Crippen LogP contribution in [0.2, 0.25) is 5.02 Å². The summed E-state index contributed by atoms with van der Waals surface area (Å²) >= 11 is 9.29. The summed E-state index contributed by atoms with van der Waals surface area (Å²) in [5.41, 5.74) is 2.38. The van der Waals surface area contributed by atoms with Gasteiger partial charge in [-0.1, -0.05) is 59.8 Å². The molecule has 0 unspecified atom stereocenters. The number of para-hydroxylation sites is 1. The number of aromatic amines is 1. The Balaban J connectivity index is 1.49. The average Bonchev–Trinajstić information content (AvgIpc) is 3.17. The molecule has 1 N–H and O–H groups in total. The van der Waals surface area contributed by atoms with Gasteiger partial charge in [0, 0.05) is 26.9 Å². The quantitative estimate of drug-likeness (QED) is 0.296. The lowest BCUT2D eigenvalue weighted by Crippen LogP contribution is -2.10. The van der Waals surface area contributed by atoms with Crippen molar-refractivity contribution in [2.24, 2.45) is 0 Å². The van der Waals surface area contributed by atoms with E-state index in [2.05, 4.69) is 19.9 Å². The molecule has 0 spiro atoms. The number of fused-ring (bicyclic) bond motifs is 2. The Morgan fingerprint density at radius 3 is 2.76 bits per heavy atom. The molecule has 0 amide bonds. The Morgan fingerprint density at radius 2 is 1.86 bits per heavy atom. The van der Waals surface area contributed by atoms with Crippen molar-refractivity contribution in [1.82, 2.24) is 19.9 Å². The molecule has 0 aliphatic carbocycles. The number of H-pyrrole nitrogens is 1. The normalized spacial score (nSPS) is 11.3. The fourth-order valence-corrected chi connectivity index (χ4v) is 5.23. The zero-order valence-electron chi connectivity index (χ0n) is 14.9. The van der Waals surface area contributed by atoms with Crippen LogP contribution in [0.1, 0.15) is 5.82 Å². The number of hydrogen-bond acceptors (Lipinski definition) is 6. The first kappa shape index (κ1) is 18.3. The van der Waals surface area contributed by atoms with Crippen molar-refractivity contribution in [3.63, 3.8) is 0 Å². The van der Waals surface area contributed by atoms with Gasteiger partial charge in [-0.05, 0) is 12.1 Å². The second-order valence-corrected chi connectivity index (χ2v) is 8.54. The Hall–Kier alpha value is -2.74. The zero-order valence-corrected chi connectivity index (χ0v) is 17.3. The molecule has 5 aromatic rings.